The normalized spacial score (nSPS) is 16.1. The second kappa shape index (κ2) is 5.29. The van der Waals surface area contributed by atoms with Crippen LogP contribution in [-0.4, -0.2) is 40.6 Å². The Balaban J connectivity index is 1.87. The number of aromatic carboxylic acids is 1. The molecule has 3 rings (SSSR count). The Morgan fingerprint density at radius 1 is 1.35 bits per heavy atom. The topological polar surface area (TPSA) is 56.3 Å². The van der Waals surface area contributed by atoms with Gasteiger partial charge in [-0.05, 0) is 62.5 Å². The molecule has 2 N–H and O–H groups in total. The number of nitrogens with zero attached hydrogens (tertiary/aromatic N) is 1. The summed E-state index contributed by atoms with van der Waals surface area (Å²) in [6.45, 7) is 5.29. The molecular weight excluding hydrogens is 252 g/mol. The number of nitrogens with one attached hydrogen (secondary N) is 1. The van der Waals surface area contributed by atoms with Gasteiger partial charge >= 0.3 is 5.97 Å². The number of hydrogen-bond donors (Lipinski definition) is 2. The number of H-pyrrole nitrogens is 1. The van der Waals surface area contributed by atoms with E-state index < -0.39 is 5.97 Å². The molecule has 2 aromatic rings. The van der Waals surface area contributed by atoms with Crippen LogP contribution in [0.25, 0.3) is 10.9 Å². The van der Waals surface area contributed by atoms with Gasteiger partial charge in [-0.3, -0.25) is 0 Å². The lowest BCUT2D eigenvalue weighted by Crippen LogP contribution is -2.21. The Morgan fingerprint density at radius 3 is 2.80 bits per heavy atom. The van der Waals surface area contributed by atoms with Crippen LogP contribution >= 0.6 is 0 Å². The van der Waals surface area contributed by atoms with Gasteiger partial charge in [0.25, 0.3) is 0 Å². The van der Waals surface area contributed by atoms with Gasteiger partial charge in [0, 0.05) is 23.6 Å². The number of benzene rings is 1. The van der Waals surface area contributed by atoms with Gasteiger partial charge < -0.3 is 15.0 Å². The Bertz CT molecular complexity index is 639. The second-order valence-corrected chi connectivity index (χ2v) is 5.63. The SMILES string of the molecule is Cc1cc2[nH]cc(CCN3CCCC3)c2cc1C(=O)O. The maximum Gasteiger partial charge on any atom is 0.335 e. The number of hydrogen-bond acceptors (Lipinski definition) is 2. The van der Waals surface area contributed by atoms with E-state index in [0.29, 0.717) is 5.56 Å². The maximum absolute atomic E-state index is 11.2. The first-order chi connectivity index (χ1) is 9.65. The Morgan fingerprint density at radius 2 is 2.10 bits per heavy atom. The van der Waals surface area contributed by atoms with Gasteiger partial charge in [-0.15, -0.1) is 0 Å². The van der Waals surface area contributed by atoms with Gasteiger partial charge in [0.05, 0.1) is 5.56 Å². The van der Waals surface area contributed by atoms with E-state index in [2.05, 4.69) is 9.88 Å². The van der Waals surface area contributed by atoms with Crippen molar-refractivity contribution in [2.45, 2.75) is 26.2 Å². The minimum Gasteiger partial charge on any atom is -0.478 e. The van der Waals surface area contributed by atoms with Crippen molar-refractivity contribution < 1.29 is 9.90 Å². The molecule has 106 valence electrons. The molecule has 1 saturated heterocycles. The summed E-state index contributed by atoms with van der Waals surface area (Å²) in [6, 6.07) is 3.74. The number of aromatic amines is 1. The minimum absolute atomic E-state index is 0.402. The monoisotopic (exact) mass is 272 g/mol. The fourth-order valence-corrected chi connectivity index (χ4v) is 3.06. The average molecular weight is 272 g/mol. The Labute approximate surface area is 118 Å². The third kappa shape index (κ3) is 2.43. The summed E-state index contributed by atoms with van der Waals surface area (Å²) >= 11 is 0. The van der Waals surface area contributed by atoms with Gasteiger partial charge in [-0.1, -0.05) is 0 Å². The Hall–Kier alpha value is -1.81. The molecule has 0 atom stereocenters. The van der Waals surface area contributed by atoms with Gasteiger partial charge in [-0.2, -0.15) is 0 Å². The fraction of sp³-hybridized carbons (Fsp3) is 0.438. The van der Waals surface area contributed by atoms with E-state index in [1.165, 1.54) is 31.5 Å². The van der Waals surface area contributed by atoms with E-state index in [-0.39, 0.29) is 0 Å². The summed E-state index contributed by atoms with van der Waals surface area (Å²) < 4.78 is 0. The van der Waals surface area contributed by atoms with Crippen molar-refractivity contribution in [1.82, 2.24) is 9.88 Å². The zero-order valence-corrected chi connectivity index (χ0v) is 11.8. The molecule has 0 unspecified atom stereocenters. The summed E-state index contributed by atoms with van der Waals surface area (Å²) in [5.41, 5.74) is 3.45. The van der Waals surface area contributed by atoms with E-state index in [1.54, 1.807) is 0 Å². The molecule has 0 aliphatic carbocycles. The molecule has 1 aliphatic heterocycles. The molecule has 0 bridgehead atoms. The molecular formula is C16H20N2O2. The number of carboxylic acid groups (broad SMARTS) is 1. The van der Waals surface area contributed by atoms with Crippen LogP contribution < -0.4 is 0 Å². The largest absolute Gasteiger partial charge is 0.478 e. The van der Waals surface area contributed by atoms with E-state index in [1.807, 2.05) is 25.3 Å². The number of likely N-dealkylation sites (tertiary alicyclic amines) is 1. The molecule has 1 aromatic carbocycles. The van der Waals surface area contributed by atoms with Gasteiger partial charge in [0.1, 0.15) is 0 Å². The molecule has 4 nitrogen and oxygen atoms in total. The van der Waals surface area contributed by atoms with Crippen molar-refractivity contribution in [2.24, 2.45) is 0 Å². The lowest BCUT2D eigenvalue weighted by molar-refractivity contribution is 0.0696. The van der Waals surface area contributed by atoms with Crippen LogP contribution in [-0.2, 0) is 6.42 Å². The molecule has 20 heavy (non-hydrogen) atoms. The Kier molecular flexibility index (Phi) is 3.49. The van der Waals surface area contributed by atoms with Crippen molar-refractivity contribution in [3.63, 3.8) is 0 Å². The van der Waals surface area contributed by atoms with Crippen molar-refractivity contribution in [3.8, 4) is 0 Å². The quantitative estimate of drug-likeness (QED) is 0.900. The highest BCUT2D eigenvalue weighted by atomic mass is 16.4. The minimum atomic E-state index is -0.851. The van der Waals surface area contributed by atoms with Crippen molar-refractivity contribution in [2.75, 3.05) is 19.6 Å². The highest BCUT2D eigenvalue weighted by Crippen LogP contribution is 2.23. The predicted octanol–water partition coefficient (Wildman–Crippen LogP) is 2.81. The average Bonchev–Trinajstić information content (AvgIpc) is 3.03. The molecule has 1 aliphatic rings. The number of carbonyl (C=O) groups is 1. The smallest absolute Gasteiger partial charge is 0.335 e. The van der Waals surface area contributed by atoms with E-state index in [0.717, 1.165) is 29.4 Å². The molecule has 0 amide bonds. The molecule has 1 aromatic heterocycles. The summed E-state index contributed by atoms with van der Waals surface area (Å²) in [6.07, 6.45) is 5.60. The summed E-state index contributed by atoms with van der Waals surface area (Å²) in [5, 5.41) is 10.3. The first kappa shape index (κ1) is 13.2. The zero-order valence-electron chi connectivity index (χ0n) is 11.8. The van der Waals surface area contributed by atoms with Crippen LogP contribution in [0.3, 0.4) is 0 Å². The zero-order chi connectivity index (χ0) is 14.1. The lowest BCUT2D eigenvalue weighted by Gasteiger charge is -2.13. The standard InChI is InChI=1S/C16H20N2O2/c1-11-8-15-14(9-13(11)16(19)20)12(10-17-15)4-7-18-5-2-3-6-18/h8-10,17H,2-7H2,1H3,(H,19,20). The van der Waals surface area contributed by atoms with Gasteiger partial charge in [-0.25, -0.2) is 4.79 Å². The first-order valence-corrected chi connectivity index (χ1v) is 7.21. The highest BCUT2D eigenvalue weighted by molar-refractivity contribution is 5.96. The van der Waals surface area contributed by atoms with Crippen LogP contribution in [0.2, 0.25) is 0 Å². The summed E-state index contributed by atoms with van der Waals surface area (Å²) in [4.78, 5) is 17.0. The predicted molar refractivity (Wildman–Crippen MR) is 79.4 cm³/mol. The summed E-state index contributed by atoms with van der Waals surface area (Å²) in [5.74, 6) is -0.851. The molecule has 1 fully saturated rings. The van der Waals surface area contributed by atoms with Crippen LogP contribution in [0.5, 0.6) is 0 Å². The maximum atomic E-state index is 11.2. The van der Waals surface area contributed by atoms with E-state index in [9.17, 15) is 9.90 Å². The fourth-order valence-electron chi connectivity index (χ4n) is 3.06. The first-order valence-electron chi connectivity index (χ1n) is 7.21. The third-order valence-corrected chi connectivity index (χ3v) is 4.24. The summed E-state index contributed by atoms with van der Waals surface area (Å²) in [7, 11) is 0. The number of aromatic nitrogens is 1. The third-order valence-electron chi connectivity index (χ3n) is 4.24. The van der Waals surface area contributed by atoms with Crippen molar-refractivity contribution in [1.29, 1.82) is 0 Å². The van der Waals surface area contributed by atoms with Crippen molar-refractivity contribution >= 4 is 16.9 Å². The number of fused-ring (bicyclic) bond motifs is 1. The molecule has 0 spiro atoms. The number of carboxylic acids is 1. The van der Waals surface area contributed by atoms with Crippen molar-refractivity contribution in [3.05, 3.63) is 35.0 Å². The molecule has 0 saturated carbocycles. The number of aryl methyl sites for hydroxylation is 1. The van der Waals surface area contributed by atoms with Crippen LogP contribution in [0.15, 0.2) is 18.3 Å². The van der Waals surface area contributed by atoms with Gasteiger partial charge in [0.2, 0.25) is 0 Å². The van der Waals surface area contributed by atoms with E-state index >= 15 is 0 Å². The van der Waals surface area contributed by atoms with Crippen LogP contribution in [0.4, 0.5) is 0 Å². The molecule has 0 radical (unpaired) electrons. The van der Waals surface area contributed by atoms with E-state index in [4.69, 9.17) is 0 Å². The second-order valence-electron chi connectivity index (χ2n) is 5.63. The van der Waals surface area contributed by atoms with Gasteiger partial charge in [0.15, 0.2) is 0 Å². The van der Waals surface area contributed by atoms with Crippen LogP contribution in [0, 0.1) is 6.92 Å². The molecule has 2 heterocycles. The lowest BCUT2D eigenvalue weighted by atomic mass is 10.0. The van der Waals surface area contributed by atoms with Crippen LogP contribution in [0.1, 0.15) is 34.3 Å². The number of rotatable bonds is 4. The molecule has 4 heteroatoms. The highest BCUT2D eigenvalue weighted by Gasteiger charge is 2.14.